The second-order valence-corrected chi connectivity index (χ2v) is 16.8. The van der Waals surface area contributed by atoms with Gasteiger partial charge in [-0.15, -0.1) is 23.2 Å². The van der Waals surface area contributed by atoms with E-state index in [4.69, 9.17) is 42.3 Å². The van der Waals surface area contributed by atoms with Crippen molar-refractivity contribution < 1.29 is 33.0 Å². The van der Waals surface area contributed by atoms with E-state index >= 15 is 0 Å². The van der Waals surface area contributed by atoms with Crippen LogP contribution >= 0.6 is 58.1 Å². The molecule has 0 unspecified atom stereocenters. The molecule has 0 spiro atoms. The van der Waals surface area contributed by atoms with Crippen LogP contribution in [-0.2, 0) is 33.0 Å². The molecule has 2 aliphatic carbocycles. The van der Waals surface area contributed by atoms with Gasteiger partial charge in [-0.2, -0.15) is 0 Å². The molecule has 4 aromatic rings. The number of halogens is 4. The Morgan fingerprint density at radius 1 is 0.419 bits per heavy atom. The molecule has 0 nitrogen and oxygen atoms in total. The summed E-state index contributed by atoms with van der Waals surface area (Å²) < 4.78 is 0. The minimum absolute atomic E-state index is 0. The number of hydrogen-bond acceptors (Lipinski definition) is 0. The summed E-state index contributed by atoms with van der Waals surface area (Å²) in [6, 6.07) is 43.3. The zero-order valence-corrected chi connectivity index (χ0v) is 30.7. The predicted octanol–water partition coefficient (Wildman–Crippen LogP) is 9.22. The summed E-state index contributed by atoms with van der Waals surface area (Å²) in [5.74, 6) is 0. The Hall–Kier alpha value is 0.0818. The molecule has 0 heterocycles. The Morgan fingerprint density at radius 2 is 0.605 bits per heavy atom. The van der Waals surface area contributed by atoms with Crippen LogP contribution in [-0.4, -0.2) is 5.34 Å². The normalized spacial score (nSPS) is 14.6. The molecule has 0 bridgehead atoms. The Kier molecular flexibility index (Phi) is 22.2. The van der Waals surface area contributed by atoms with E-state index in [-0.39, 0.29) is 38.3 Å². The van der Waals surface area contributed by atoms with Crippen molar-refractivity contribution in [2.24, 2.45) is 0 Å². The third kappa shape index (κ3) is 13.8. The first-order chi connectivity index (χ1) is 20.7. The van der Waals surface area contributed by atoms with Crippen molar-refractivity contribution in [1.82, 2.24) is 0 Å². The first-order valence-corrected chi connectivity index (χ1v) is 21.1. The second kappa shape index (κ2) is 24.3. The van der Waals surface area contributed by atoms with E-state index in [1.807, 2.05) is 0 Å². The van der Waals surface area contributed by atoms with Crippen molar-refractivity contribution in [3.05, 3.63) is 184 Å². The zero-order valence-electron chi connectivity index (χ0n) is 23.1. The first-order valence-electron chi connectivity index (χ1n) is 13.1. The zero-order chi connectivity index (χ0) is 29.8. The molecule has 0 aliphatic heterocycles. The summed E-state index contributed by atoms with van der Waals surface area (Å²) >= 11 is 9.42. The Balaban J connectivity index is 0.000000249. The third-order valence-electron chi connectivity index (χ3n) is 6.15. The molecular formula is C35H32Cl4FeP2Pd+2. The quantitative estimate of drug-likeness (QED) is 0.104. The van der Waals surface area contributed by atoms with Crippen LogP contribution in [0.2, 0.25) is 0 Å². The summed E-state index contributed by atoms with van der Waals surface area (Å²) in [6.45, 7) is 0. The van der Waals surface area contributed by atoms with Crippen molar-refractivity contribution in [3.8, 4) is 0 Å². The summed E-state index contributed by atoms with van der Waals surface area (Å²) in [5, 5.41) is 5.97. The van der Waals surface area contributed by atoms with Gasteiger partial charge in [-0.3, -0.25) is 0 Å². The molecule has 10 radical (unpaired) electrons. The van der Waals surface area contributed by atoms with Crippen LogP contribution in [0, 0.1) is 62.7 Å². The van der Waals surface area contributed by atoms with Gasteiger partial charge in [0.05, 0.1) is 42.4 Å². The molecule has 0 atom stereocenters. The molecule has 2 saturated carbocycles. The summed E-state index contributed by atoms with van der Waals surface area (Å²) in [7, 11) is 7.96. The number of hydrogen-bond donors (Lipinski definition) is 0. The van der Waals surface area contributed by atoms with Gasteiger partial charge in [-0.05, 0) is 74.2 Å². The second-order valence-electron chi connectivity index (χ2n) is 8.71. The van der Waals surface area contributed by atoms with Crippen LogP contribution < -0.4 is 21.2 Å². The van der Waals surface area contributed by atoms with Crippen molar-refractivity contribution in [2.75, 3.05) is 5.34 Å². The van der Waals surface area contributed by atoms with Crippen molar-refractivity contribution >= 4 is 79.3 Å². The minimum Gasteiger partial charge on any atom is 0 e. The Bertz CT molecular complexity index is 1020. The van der Waals surface area contributed by atoms with Crippen LogP contribution in [0.5, 0.6) is 0 Å². The fourth-order valence-electron chi connectivity index (χ4n) is 4.50. The molecule has 0 amide bonds. The van der Waals surface area contributed by atoms with E-state index in [9.17, 15) is 0 Å². The molecule has 2 aliphatic rings. The van der Waals surface area contributed by atoms with Crippen LogP contribution in [0.25, 0.3) is 0 Å². The van der Waals surface area contributed by atoms with Gasteiger partial charge in [0, 0.05) is 42.8 Å². The summed E-state index contributed by atoms with van der Waals surface area (Å²) in [4.78, 5) is 0. The molecule has 226 valence electrons. The van der Waals surface area contributed by atoms with E-state index < -0.39 is 15.8 Å². The molecule has 2 fully saturated rings. The van der Waals surface area contributed by atoms with E-state index in [1.54, 1.807) is 0 Å². The molecular weight excluding hydrogens is 786 g/mol. The fourth-order valence-corrected chi connectivity index (χ4v) is 9.66. The van der Waals surface area contributed by atoms with E-state index in [1.165, 1.54) is 32.5 Å². The molecule has 0 saturated heterocycles. The maximum atomic E-state index is 4.81. The van der Waals surface area contributed by atoms with E-state index in [2.05, 4.69) is 173 Å². The van der Waals surface area contributed by atoms with Gasteiger partial charge in [0.1, 0.15) is 11.3 Å². The van der Waals surface area contributed by atoms with Crippen LogP contribution in [0.15, 0.2) is 121 Å². The minimum atomic E-state index is -0.834. The van der Waals surface area contributed by atoms with Gasteiger partial charge < -0.3 is 0 Å². The number of benzene rings is 4. The summed E-state index contributed by atoms with van der Waals surface area (Å²) in [5.41, 5.74) is 2.91. The van der Waals surface area contributed by atoms with Gasteiger partial charge in [-0.25, -0.2) is 0 Å². The fraction of sp³-hybridized carbons (Fsp3) is 0.0286. The van der Waals surface area contributed by atoms with Gasteiger partial charge in [0.25, 0.3) is 0 Å². The van der Waals surface area contributed by atoms with Gasteiger partial charge in [-0.1, -0.05) is 72.8 Å². The molecule has 0 aromatic heterocycles. The average molecular weight is 819 g/mol. The monoisotopic (exact) mass is 816 g/mol. The first kappa shape index (κ1) is 39.3. The van der Waals surface area contributed by atoms with Crippen molar-refractivity contribution in [3.63, 3.8) is 0 Å². The van der Waals surface area contributed by atoms with Crippen molar-refractivity contribution in [2.45, 2.75) is 0 Å². The Labute approximate surface area is 299 Å². The van der Waals surface area contributed by atoms with Gasteiger partial charge in [0.2, 0.25) is 0 Å². The third-order valence-corrected chi connectivity index (χ3v) is 11.6. The molecule has 6 rings (SSSR count). The molecule has 0 N–H and O–H groups in total. The Morgan fingerprint density at radius 3 is 0.791 bits per heavy atom. The topological polar surface area (TPSA) is 0 Å². The van der Waals surface area contributed by atoms with E-state index in [0.717, 1.165) is 0 Å². The summed E-state index contributed by atoms with van der Waals surface area (Å²) in [6.07, 6.45) is 17.5. The predicted molar refractivity (Wildman–Crippen MR) is 190 cm³/mol. The number of rotatable bonds is 6. The van der Waals surface area contributed by atoms with E-state index in [0.29, 0.717) is 0 Å². The molecule has 43 heavy (non-hydrogen) atoms. The maximum absolute atomic E-state index is 4.81. The maximum Gasteiger partial charge on any atom is 0 e. The molecule has 8 heteroatoms. The average Bonchev–Trinajstić information content (AvgIpc) is 3.77. The van der Waals surface area contributed by atoms with Gasteiger partial charge in [0.15, 0.2) is 0 Å². The molecule has 4 aromatic carbocycles. The van der Waals surface area contributed by atoms with Gasteiger partial charge >= 0.3 is 35.0 Å². The number of alkyl halides is 2. The standard InChI is InChI=1S/2C17H15P.CH2Cl2.2ClH.Fe.Pd/c2*1-3-9-15(10-4-1)18(17-13-7-8-14-17)16-11-5-2-6-12-16;2-1-3;;;;/h2*1-14,18H;1H2;2*1H;;/q2*+1;;;;;+2/p-2. The van der Waals surface area contributed by atoms with Crippen LogP contribution in [0.1, 0.15) is 0 Å². The smallest absolute Gasteiger partial charge is 0 e. The van der Waals surface area contributed by atoms with Crippen LogP contribution in [0.4, 0.5) is 0 Å². The SMILES string of the molecule is ClCCl.[CH]1[CH][CH][C]([PH+](c2ccccc2)c2ccccc2)[CH]1.[CH]1[CH][CH][C]([PH+](c2ccccc2)c2ccccc2)[CH]1.[Cl][Pd][Cl].[Fe]. The largest absolute Gasteiger partial charge is 0 e. The van der Waals surface area contributed by atoms with Crippen molar-refractivity contribution in [1.29, 1.82) is 0 Å². The van der Waals surface area contributed by atoms with Crippen LogP contribution in [0.3, 0.4) is 0 Å².